The number of fused-ring (bicyclic) bond motifs is 1. The van der Waals surface area contributed by atoms with Gasteiger partial charge >= 0.3 is 5.97 Å². The van der Waals surface area contributed by atoms with Crippen LogP contribution in [0.5, 0.6) is 0 Å². The van der Waals surface area contributed by atoms with E-state index in [0.29, 0.717) is 11.4 Å². The molecule has 0 fully saturated rings. The smallest absolute Gasteiger partial charge is 0.313 e. The summed E-state index contributed by atoms with van der Waals surface area (Å²) in [6.07, 6.45) is 2.55. The number of hydrogen-bond donors (Lipinski definition) is 1. The average molecular weight is 225 g/mol. The Morgan fingerprint density at radius 1 is 1.53 bits per heavy atom. The lowest BCUT2D eigenvalue weighted by atomic mass is 9.71. The van der Waals surface area contributed by atoms with Gasteiger partial charge in [0.2, 0.25) is 0 Å². The van der Waals surface area contributed by atoms with Crippen LogP contribution in [0.3, 0.4) is 0 Å². The molecule has 15 heavy (non-hydrogen) atoms. The van der Waals surface area contributed by atoms with Gasteiger partial charge in [0.25, 0.3) is 0 Å². The zero-order chi connectivity index (χ0) is 11.1. The fourth-order valence-electron chi connectivity index (χ4n) is 2.30. The number of aryl methyl sites for hydroxylation is 1. The summed E-state index contributed by atoms with van der Waals surface area (Å²) in [5, 5.41) is 9.96. The molecule has 0 aromatic heterocycles. The molecule has 0 radical (unpaired) electrons. The van der Waals surface area contributed by atoms with Gasteiger partial charge in [-0.2, -0.15) is 0 Å². The molecule has 2 nitrogen and oxygen atoms in total. The first kappa shape index (κ1) is 10.5. The Labute approximate surface area is 93.9 Å². The summed E-state index contributed by atoms with van der Waals surface area (Å²) >= 11 is 5.90. The molecule has 2 rings (SSSR count). The standard InChI is InChI=1S/C12H13ClO2/c1-12(11(14)15)6-2-3-8-7-9(13)4-5-10(8)12/h4-5,7H,2-3,6H2,1H3,(H,14,15). The molecule has 0 saturated carbocycles. The maximum Gasteiger partial charge on any atom is 0.313 e. The highest BCUT2D eigenvalue weighted by Crippen LogP contribution is 2.38. The van der Waals surface area contributed by atoms with Gasteiger partial charge in [-0.15, -0.1) is 0 Å². The lowest BCUT2D eigenvalue weighted by Crippen LogP contribution is -2.36. The third-order valence-electron chi connectivity index (χ3n) is 3.26. The number of hydrogen-bond acceptors (Lipinski definition) is 1. The maximum absolute atomic E-state index is 11.3. The SMILES string of the molecule is CC1(C(=O)O)CCCc2cc(Cl)ccc21. The highest BCUT2D eigenvalue weighted by atomic mass is 35.5. The Morgan fingerprint density at radius 3 is 2.93 bits per heavy atom. The van der Waals surface area contributed by atoms with Crippen LogP contribution >= 0.6 is 11.6 Å². The van der Waals surface area contributed by atoms with Crippen molar-refractivity contribution in [1.82, 2.24) is 0 Å². The highest BCUT2D eigenvalue weighted by Gasteiger charge is 2.38. The number of rotatable bonds is 1. The molecule has 1 aliphatic rings. The quantitative estimate of drug-likeness (QED) is 0.796. The van der Waals surface area contributed by atoms with E-state index in [4.69, 9.17) is 11.6 Å². The molecule has 1 aliphatic carbocycles. The lowest BCUT2D eigenvalue weighted by molar-refractivity contribution is -0.143. The van der Waals surface area contributed by atoms with E-state index in [9.17, 15) is 9.90 Å². The van der Waals surface area contributed by atoms with Crippen molar-refractivity contribution in [2.45, 2.75) is 31.6 Å². The molecule has 1 N–H and O–H groups in total. The minimum absolute atomic E-state index is 0.684. The monoisotopic (exact) mass is 224 g/mol. The fraction of sp³-hybridized carbons (Fsp3) is 0.417. The molecule has 0 spiro atoms. The van der Waals surface area contributed by atoms with Crippen molar-refractivity contribution in [2.75, 3.05) is 0 Å². The van der Waals surface area contributed by atoms with E-state index >= 15 is 0 Å². The summed E-state index contributed by atoms with van der Waals surface area (Å²) in [5.41, 5.74) is 1.27. The van der Waals surface area contributed by atoms with Crippen LogP contribution in [0.1, 0.15) is 30.9 Å². The first-order valence-electron chi connectivity index (χ1n) is 5.06. The van der Waals surface area contributed by atoms with Crippen molar-refractivity contribution in [2.24, 2.45) is 0 Å². The van der Waals surface area contributed by atoms with E-state index < -0.39 is 11.4 Å². The Kier molecular flexibility index (Phi) is 2.47. The first-order chi connectivity index (χ1) is 7.04. The number of benzene rings is 1. The molecule has 1 aromatic rings. The van der Waals surface area contributed by atoms with Crippen LogP contribution in [0.4, 0.5) is 0 Å². The van der Waals surface area contributed by atoms with Crippen molar-refractivity contribution in [3.05, 3.63) is 34.3 Å². The van der Waals surface area contributed by atoms with Crippen molar-refractivity contribution in [3.63, 3.8) is 0 Å². The van der Waals surface area contributed by atoms with Gasteiger partial charge in [-0.3, -0.25) is 4.79 Å². The molecule has 80 valence electrons. The topological polar surface area (TPSA) is 37.3 Å². The summed E-state index contributed by atoms with van der Waals surface area (Å²) in [6.45, 7) is 1.79. The molecule has 3 heteroatoms. The third kappa shape index (κ3) is 1.63. The molecule has 0 amide bonds. The molecule has 1 aromatic carbocycles. The van der Waals surface area contributed by atoms with Crippen molar-refractivity contribution in [1.29, 1.82) is 0 Å². The Balaban J connectivity index is 2.56. The van der Waals surface area contributed by atoms with Gasteiger partial charge in [0.1, 0.15) is 0 Å². The Bertz CT molecular complexity index is 414. The van der Waals surface area contributed by atoms with E-state index in [1.165, 1.54) is 0 Å². The van der Waals surface area contributed by atoms with Crippen LogP contribution in [-0.4, -0.2) is 11.1 Å². The van der Waals surface area contributed by atoms with Crippen molar-refractivity contribution in [3.8, 4) is 0 Å². The molecule has 0 aliphatic heterocycles. The summed E-state index contributed by atoms with van der Waals surface area (Å²) in [4.78, 5) is 11.3. The molecule has 0 heterocycles. The second-order valence-electron chi connectivity index (χ2n) is 4.29. The molecule has 0 bridgehead atoms. The largest absolute Gasteiger partial charge is 0.481 e. The Morgan fingerprint density at radius 2 is 2.27 bits per heavy atom. The predicted octanol–water partition coefficient (Wildman–Crippen LogP) is 3.02. The zero-order valence-electron chi connectivity index (χ0n) is 8.59. The minimum atomic E-state index is -0.745. The summed E-state index contributed by atoms with van der Waals surface area (Å²) in [7, 11) is 0. The number of carboxylic acid groups (broad SMARTS) is 1. The summed E-state index contributed by atoms with van der Waals surface area (Å²) in [6, 6.07) is 5.51. The molecule has 1 unspecified atom stereocenters. The van der Waals surface area contributed by atoms with Gasteiger partial charge in [-0.25, -0.2) is 0 Å². The molecule has 1 atom stereocenters. The van der Waals surface area contributed by atoms with Crippen LogP contribution in [-0.2, 0) is 16.6 Å². The van der Waals surface area contributed by atoms with Gasteiger partial charge in [0, 0.05) is 5.02 Å². The molecular weight excluding hydrogens is 212 g/mol. The number of carbonyl (C=O) groups is 1. The van der Waals surface area contributed by atoms with E-state index in [-0.39, 0.29) is 0 Å². The number of carboxylic acids is 1. The van der Waals surface area contributed by atoms with Crippen LogP contribution < -0.4 is 0 Å². The number of aliphatic carboxylic acids is 1. The third-order valence-corrected chi connectivity index (χ3v) is 3.49. The van der Waals surface area contributed by atoms with Crippen LogP contribution in [0.15, 0.2) is 18.2 Å². The van der Waals surface area contributed by atoms with Crippen molar-refractivity contribution >= 4 is 17.6 Å². The van der Waals surface area contributed by atoms with E-state index in [2.05, 4.69) is 0 Å². The highest BCUT2D eigenvalue weighted by molar-refractivity contribution is 6.30. The van der Waals surface area contributed by atoms with Crippen LogP contribution in [0.2, 0.25) is 5.02 Å². The van der Waals surface area contributed by atoms with E-state index in [1.54, 1.807) is 13.0 Å². The summed E-state index contributed by atoms with van der Waals surface area (Å²) < 4.78 is 0. The minimum Gasteiger partial charge on any atom is -0.481 e. The normalized spacial score (nSPS) is 24.7. The second-order valence-corrected chi connectivity index (χ2v) is 4.73. The van der Waals surface area contributed by atoms with Gasteiger partial charge in [0.05, 0.1) is 5.41 Å². The lowest BCUT2D eigenvalue weighted by Gasteiger charge is -2.32. The van der Waals surface area contributed by atoms with E-state index in [0.717, 1.165) is 24.0 Å². The van der Waals surface area contributed by atoms with E-state index in [1.807, 2.05) is 12.1 Å². The van der Waals surface area contributed by atoms with Crippen molar-refractivity contribution < 1.29 is 9.90 Å². The van der Waals surface area contributed by atoms with Gasteiger partial charge in [-0.05, 0) is 49.4 Å². The molecular formula is C12H13ClO2. The second kappa shape index (κ2) is 3.53. The first-order valence-corrected chi connectivity index (χ1v) is 5.44. The Hall–Kier alpha value is -1.02. The van der Waals surface area contributed by atoms with Gasteiger partial charge < -0.3 is 5.11 Å². The fourth-order valence-corrected chi connectivity index (χ4v) is 2.49. The maximum atomic E-state index is 11.3. The van der Waals surface area contributed by atoms with Gasteiger partial charge in [0.15, 0.2) is 0 Å². The predicted molar refractivity (Wildman–Crippen MR) is 59.4 cm³/mol. The molecule has 0 saturated heterocycles. The number of halogens is 1. The average Bonchev–Trinajstić information content (AvgIpc) is 2.17. The summed E-state index contributed by atoms with van der Waals surface area (Å²) in [5.74, 6) is -0.745. The van der Waals surface area contributed by atoms with Crippen LogP contribution in [0, 0.1) is 0 Å². The van der Waals surface area contributed by atoms with Gasteiger partial charge in [-0.1, -0.05) is 17.7 Å². The zero-order valence-corrected chi connectivity index (χ0v) is 9.34. The van der Waals surface area contributed by atoms with Crippen LogP contribution in [0.25, 0.3) is 0 Å².